The zero-order valence-electron chi connectivity index (χ0n) is 17.1. The van der Waals surface area contributed by atoms with Crippen LogP contribution in [-0.4, -0.2) is 35.3 Å². The highest BCUT2D eigenvalue weighted by Gasteiger charge is 2.26. The first-order chi connectivity index (χ1) is 15.6. The number of methoxy groups -OCH3 is 1. The second-order valence-electron chi connectivity index (χ2n) is 7.09. The fourth-order valence-electron chi connectivity index (χ4n) is 3.59. The number of benzene rings is 3. The molecule has 2 aromatic heterocycles. The average molecular weight is 446 g/mol. The Morgan fingerprint density at radius 1 is 0.938 bits per heavy atom. The molecule has 0 amide bonds. The zero-order chi connectivity index (χ0) is 22.1. The van der Waals surface area contributed by atoms with Gasteiger partial charge in [-0.15, -0.1) is 5.10 Å². The molecule has 0 unspecified atom stereocenters. The number of hydrogen-bond acceptors (Lipinski definition) is 7. The van der Waals surface area contributed by atoms with Crippen molar-refractivity contribution >= 4 is 32.2 Å². The molecule has 32 heavy (non-hydrogen) atoms. The van der Waals surface area contributed by atoms with E-state index in [9.17, 15) is 8.42 Å². The fraction of sp³-hybridized carbons (Fsp3) is 0.0870. The highest BCUT2D eigenvalue weighted by atomic mass is 32.2. The van der Waals surface area contributed by atoms with Crippen LogP contribution < -0.4 is 10.1 Å². The number of aromatic nitrogens is 4. The van der Waals surface area contributed by atoms with Gasteiger partial charge in [-0.1, -0.05) is 53.7 Å². The van der Waals surface area contributed by atoms with E-state index in [0.29, 0.717) is 17.9 Å². The summed E-state index contributed by atoms with van der Waals surface area (Å²) in [6.07, 6.45) is 0. The van der Waals surface area contributed by atoms with Crippen LogP contribution in [0, 0.1) is 0 Å². The molecule has 0 radical (unpaired) electrons. The van der Waals surface area contributed by atoms with Crippen molar-refractivity contribution in [1.29, 1.82) is 0 Å². The number of sulfone groups is 1. The van der Waals surface area contributed by atoms with E-state index < -0.39 is 9.84 Å². The minimum Gasteiger partial charge on any atom is -0.496 e. The van der Waals surface area contributed by atoms with Crippen molar-refractivity contribution in [2.75, 3.05) is 12.4 Å². The first kappa shape index (κ1) is 20.0. The summed E-state index contributed by atoms with van der Waals surface area (Å²) in [4.78, 5) is 4.77. The second kappa shape index (κ2) is 7.93. The van der Waals surface area contributed by atoms with Crippen LogP contribution in [0.3, 0.4) is 0 Å². The number of fused-ring (bicyclic) bond motifs is 3. The standard InChI is InChI=1S/C23H19N5O3S/c1-31-20-14-8-5-9-16(20)15-24-21-18-12-6-7-13-19(18)28-22(25-21)23(26-27-28)32(29,30)17-10-3-2-4-11-17/h2-14H,15H2,1H3,(H,24,25). The van der Waals surface area contributed by atoms with Gasteiger partial charge in [0, 0.05) is 17.5 Å². The summed E-state index contributed by atoms with van der Waals surface area (Å²) < 4.78 is 33.3. The number of nitrogens with one attached hydrogen (secondary N) is 1. The van der Waals surface area contributed by atoms with Crippen LogP contribution in [0.2, 0.25) is 0 Å². The van der Waals surface area contributed by atoms with E-state index in [1.165, 1.54) is 16.6 Å². The molecule has 5 aromatic rings. The summed E-state index contributed by atoms with van der Waals surface area (Å²) in [6, 6.07) is 23.3. The quantitative estimate of drug-likeness (QED) is 0.425. The maximum atomic E-state index is 13.2. The van der Waals surface area contributed by atoms with Crippen molar-refractivity contribution in [1.82, 2.24) is 19.8 Å². The third kappa shape index (κ3) is 3.32. The van der Waals surface area contributed by atoms with Crippen LogP contribution in [0.1, 0.15) is 5.56 Å². The average Bonchev–Trinajstić information content (AvgIpc) is 3.28. The number of anilines is 1. The van der Waals surface area contributed by atoms with Crippen molar-refractivity contribution in [3.8, 4) is 5.75 Å². The third-order valence-electron chi connectivity index (χ3n) is 5.17. The van der Waals surface area contributed by atoms with Crippen molar-refractivity contribution in [2.45, 2.75) is 16.5 Å². The molecular formula is C23H19N5O3S. The van der Waals surface area contributed by atoms with Gasteiger partial charge in [-0.25, -0.2) is 13.4 Å². The SMILES string of the molecule is COc1ccccc1CNc1nc2c(S(=O)(=O)c3ccccc3)nnn2c2ccccc12. The number of rotatable bonds is 6. The fourth-order valence-corrected chi connectivity index (χ4v) is 4.85. The molecule has 8 nitrogen and oxygen atoms in total. The zero-order valence-corrected chi connectivity index (χ0v) is 18.0. The van der Waals surface area contributed by atoms with Crippen LogP contribution in [0.15, 0.2) is 88.8 Å². The number of hydrogen-bond donors (Lipinski definition) is 1. The van der Waals surface area contributed by atoms with Gasteiger partial charge in [0.05, 0.1) is 17.5 Å². The number of para-hydroxylation sites is 2. The molecule has 0 bridgehead atoms. The van der Waals surface area contributed by atoms with Gasteiger partial charge in [-0.2, -0.15) is 4.52 Å². The molecule has 160 valence electrons. The molecule has 0 fully saturated rings. The summed E-state index contributed by atoms with van der Waals surface area (Å²) in [6.45, 7) is 0.444. The van der Waals surface area contributed by atoms with Gasteiger partial charge in [0.1, 0.15) is 11.6 Å². The molecule has 0 aliphatic carbocycles. The Morgan fingerprint density at radius 3 is 2.47 bits per heavy atom. The lowest BCUT2D eigenvalue weighted by Gasteiger charge is -2.12. The van der Waals surface area contributed by atoms with Gasteiger partial charge in [0.15, 0.2) is 5.65 Å². The third-order valence-corrected chi connectivity index (χ3v) is 6.83. The predicted molar refractivity (Wildman–Crippen MR) is 121 cm³/mol. The van der Waals surface area contributed by atoms with Crippen molar-refractivity contribution in [3.05, 3.63) is 84.4 Å². The Labute approximate surface area is 184 Å². The summed E-state index contributed by atoms with van der Waals surface area (Å²) in [5, 5.41) is 12.0. The second-order valence-corrected chi connectivity index (χ2v) is 8.95. The molecule has 0 aliphatic heterocycles. The number of nitrogens with zero attached hydrogens (tertiary/aromatic N) is 4. The van der Waals surface area contributed by atoms with E-state index in [1.54, 1.807) is 25.3 Å². The molecule has 0 spiro atoms. The molecule has 0 saturated heterocycles. The molecule has 9 heteroatoms. The topological polar surface area (TPSA) is 98.5 Å². The molecule has 0 aliphatic rings. The molecule has 0 saturated carbocycles. The molecule has 5 rings (SSSR count). The largest absolute Gasteiger partial charge is 0.496 e. The monoisotopic (exact) mass is 445 g/mol. The minimum atomic E-state index is -3.89. The van der Waals surface area contributed by atoms with Crippen LogP contribution in [-0.2, 0) is 16.4 Å². The molecule has 3 aromatic carbocycles. The number of ether oxygens (including phenoxy) is 1. The van der Waals surface area contributed by atoms with Crippen molar-refractivity contribution < 1.29 is 13.2 Å². The van der Waals surface area contributed by atoms with Crippen LogP contribution in [0.4, 0.5) is 5.82 Å². The van der Waals surface area contributed by atoms with Crippen LogP contribution >= 0.6 is 0 Å². The lowest BCUT2D eigenvalue weighted by molar-refractivity contribution is 0.410. The predicted octanol–water partition coefficient (Wildman–Crippen LogP) is 3.73. The summed E-state index contributed by atoms with van der Waals surface area (Å²) in [7, 11) is -2.27. The summed E-state index contributed by atoms with van der Waals surface area (Å²) in [5.41, 5.74) is 1.81. The Morgan fingerprint density at radius 2 is 1.66 bits per heavy atom. The Hall–Kier alpha value is -3.98. The van der Waals surface area contributed by atoms with Gasteiger partial charge in [-0.05, 0) is 30.3 Å². The normalized spacial score (nSPS) is 11.7. The van der Waals surface area contributed by atoms with Gasteiger partial charge in [-0.3, -0.25) is 0 Å². The van der Waals surface area contributed by atoms with Crippen LogP contribution in [0.5, 0.6) is 5.75 Å². The lowest BCUT2D eigenvalue weighted by atomic mass is 10.2. The van der Waals surface area contributed by atoms with Gasteiger partial charge in [0.2, 0.25) is 14.9 Å². The highest BCUT2D eigenvalue weighted by Crippen LogP contribution is 2.28. The van der Waals surface area contributed by atoms with Crippen molar-refractivity contribution in [2.24, 2.45) is 0 Å². The molecule has 0 atom stereocenters. The van der Waals surface area contributed by atoms with E-state index in [-0.39, 0.29) is 15.6 Å². The first-order valence-corrected chi connectivity index (χ1v) is 11.4. The Kier molecular flexibility index (Phi) is 4.95. The first-order valence-electron chi connectivity index (χ1n) is 9.89. The van der Waals surface area contributed by atoms with Crippen LogP contribution in [0.25, 0.3) is 16.6 Å². The molecule has 1 N–H and O–H groups in total. The maximum absolute atomic E-state index is 13.2. The minimum absolute atomic E-state index is 0.140. The van der Waals surface area contributed by atoms with E-state index in [2.05, 4.69) is 20.6 Å². The summed E-state index contributed by atoms with van der Waals surface area (Å²) in [5.74, 6) is 1.29. The smallest absolute Gasteiger partial charge is 0.229 e. The van der Waals surface area contributed by atoms with E-state index >= 15 is 0 Å². The summed E-state index contributed by atoms with van der Waals surface area (Å²) >= 11 is 0. The van der Waals surface area contributed by atoms with Gasteiger partial charge in [0.25, 0.3) is 0 Å². The highest BCUT2D eigenvalue weighted by molar-refractivity contribution is 7.91. The van der Waals surface area contributed by atoms with E-state index in [1.807, 2.05) is 48.5 Å². The van der Waals surface area contributed by atoms with Gasteiger partial charge >= 0.3 is 0 Å². The van der Waals surface area contributed by atoms with E-state index in [4.69, 9.17) is 4.74 Å². The van der Waals surface area contributed by atoms with Crippen molar-refractivity contribution in [3.63, 3.8) is 0 Å². The molecule has 2 heterocycles. The Balaban J connectivity index is 1.65. The van der Waals surface area contributed by atoms with E-state index in [0.717, 1.165) is 16.7 Å². The lowest BCUT2D eigenvalue weighted by Crippen LogP contribution is -2.07. The Bertz CT molecular complexity index is 1530. The molecular weight excluding hydrogens is 426 g/mol. The van der Waals surface area contributed by atoms with Gasteiger partial charge < -0.3 is 10.1 Å². The maximum Gasteiger partial charge on any atom is 0.229 e.